The predicted octanol–water partition coefficient (Wildman–Crippen LogP) is 3.08. The Labute approximate surface area is 176 Å². The number of hydrogen-bond donors (Lipinski definition) is 0. The molecule has 3 aromatic rings. The molecule has 3 heterocycles. The zero-order valence-corrected chi connectivity index (χ0v) is 17.9. The molecule has 30 heavy (non-hydrogen) atoms. The van der Waals surface area contributed by atoms with Gasteiger partial charge in [0.1, 0.15) is 17.7 Å². The minimum atomic E-state index is 0.535. The maximum absolute atomic E-state index is 5.62. The monoisotopic (exact) mass is 409 g/mol. The highest BCUT2D eigenvalue weighted by Crippen LogP contribution is 2.44. The first kappa shape index (κ1) is 20.0. The number of anilines is 2. The van der Waals surface area contributed by atoms with Crippen LogP contribution < -0.4 is 24.0 Å². The van der Waals surface area contributed by atoms with E-state index in [0.29, 0.717) is 22.8 Å². The van der Waals surface area contributed by atoms with Gasteiger partial charge in [-0.25, -0.2) is 9.97 Å². The predicted molar refractivity (Wildman–Crippen MR) is 117 cm³/mol. The molecule has 0 amide bonds. The first-order valence-electron chi connectivity index (χ1n) is 10.0. The fraction of sp³-hybridized carbons (Fsp3) is 0.409. The second-order valence-corrected chi connectivity index (χ2v) is 7.23. The summed E-state index contributed by atoms with van der Waals surface area (Å²) >= 11 is 0. The van der Waals surface area contributed by atoms with Crippen LogP contribution >= 0.6 is 0 Å². The lowest BCUT2D eigenvalue weighted by molar-refractivity contribution is 0.327. The third kappa shape index (κ3) is 3.53. The number of aromatic nitrogens is 3. The van der Waals surface area contributed by atoms with Gasteiger partial charge in [-0.2, -0.15) is 0 Å². The number of rotatable bonds is 5. The fourth-order valence-corrected chi connectivity index (χ4v) is 4.09. The second kappa shape index (κ2) is 8.61. The molecular weight excluding hydrogens is 382 g/mol. The lowest BCUT2D eigenvalue weighted by Crippen LogP contribution is -2.31. The van der Waals surface area contributed by atoms with E-state index in [1.807, 2.05) is 18.5 Å². The third-order valence-corrected chi connectivity index (χ3v) is 5.54. The Morgan fingerprint density at radius 1 is 0.900 bits per heavy atom. The van der Waals surface area contributed by atoms with Crippen molar-refractivity contribution in [2.45, 2.75) is 13.3 Å². The van der Waals surface area contributed by atoms with Crippen LogP contribution in [0.3, 0.4) is 0 Å². The molecule has 1 fully saturated rings. The van der Waals surface area contributed by atoms with Gasteiger partial charge in [-0.3, -0.25) is 4.98 Å². The van der Waals surface area contributed by atoms with Crippen LogP contribution in [0.15, 0.2) is 30.9 Å². The molecule has 0 radical (unpaired) electrons. The van der Waals surface area contributed by atoms with Crippen molar-refractivity contribution in [2.75, 3.05) is 57.3 Å². The van der Waals surface area contributed by atoms with Crippen LogP contribution in [0.5, 0.6) is 17.2 Å². The molecule has 1 aliphatic heterocycles. The van der Waals surface area contributed by atoms with Gasteiger partial charge in [-0.05, 0) is 31.0 Å². The van der Waals surface area contributed by atoms with Crippen LogP contribution in [0, 0.1) is 6.92 Å². The van der Waals surface area contributed by atoms with E-state index in [2.05, 4.69) is 37.7 Å². The molecule has 0 bridgehead atoms. The molecule has 1 saturated heterocycles. The number of fused-ring (bicyclic) bond motifs is 1. The second-order valence-electron chi connectivity index (χ2n) is 7.23. The minimum absolute atomic E-state index is 0.535. The molecule has 8 heteroatoms. The van der Waals surface area contributed by atoms with E-state index in [1.54, 1.807) is 27.7 Å². The number of ether oxygens (including phenoxy) is 3. The zero-order chi connectivity index (χ0) is 21.1. The summed E-state index contributed by atoms with van der Waals surface area (Å²) < 4.78 is 16.7. The Morgan fingerprint density at radius 2 is 1.67 bits per heavy atom. The van der Waals surface area contributed by atoms with Gasteiger partial charge in [-0.15, -0.1) is 0 Å². The van der Waals surface area contributed by atoms with Gasteiger partial charge in [0.05, 0.1) is 26.7 Å². The average molecular weight is 409 g/mol. The van der Waals surface area contributed by atoms with E-state index in [1.165, 1.54) is 11.3 Å². The van der Waals surface area contributed by atoms with Crippen LogP contribution in [-0.2, 0) is 0 Å². The maximum Gasteiger partial charge on any atom is 0.205 e. The van der Waals surface area contributed by atoms with Gasteiger partial charge in [0.15, 0.2) is 11.5 Å². The van der Waals surface area contributed by atoms with Gasteiger partial charge in [0.25, 0.3) is 0 Å². The first-order chi connectivity index (χ1) is 14.7. The van der Waals surface area contributed by atoms with E-state index in [0.717, 1.165) is 43.8 Å². The molecule has 0 aliphatic carbocycles. The SMILES string of the molecule is COc1cc2c(N3CCCN(c4ccncc4C)CC3)ncnc2c(OC)c1OC. The van der Waals surface area contributed by atoms with E-state index in [9.17, 15) is 0 Å². The number of hydrogen-bond acceptors (Lipinski definition) is 8. The van der Waals surface area contributed by atoms with Crippen molar-refractivity contribution >= 4 is 22.4 Å². The molecule has 0 spiro atoms. The van der Waals surface area contributed by atoms with Crippen molar-refractivity contribution < 1.29 is 14.2 Å². The smallest absolute Gasteiger partial charge is 0.205 e. The van der Waals surface area contributed by atoms with E-state index in [-0.39, 0.29) is 0 Å². The van der Waals surface area contributed by atoms with Crippen molar-refractivity contribution in [1.29, 1.82) is 0 Å². The summed E-state index contributed by atoms with van der Waals surface area (Å²) in [5, 5.41) is 0.889. The standard InChI is InChI=1S/C22H27N5O3/c1-15-13-23-7-6-17(15)26-8-5-9-27(11-10-26)22-16-12-18(28-2)20(29-3)21(30-4)19(16)24-14-25-22/h6-7,12-14H,5,8-11H2,1-4H3. The van der Waals surface area contributed by atoms with Gasteiger partial charge < -0.3 is 24.0 Å². The molecule has 0 unspecified atom stereocenters. The molecule has 4 rings (SSSR count). The minimum Gasteiger partial charge on any atom is -0.493 e. The van der Waals surface area contributed by atoms with Crippen LogP contribution in [0.25, 0.3) is 10.9 Å². The molecule has 8 nitrogen and oxygen atoms in total. The quantitative estimate of drug-likeness (QED) is 0.637. The topological polar surface area (TPSA) is 72.8 Å². The summed E-state index contributed by atoms with van der Waals surface area (Å²) in [6, 6.07) is 4.02. The molecule has 1 aliphatic rings. The van der Waals surface area contributed by atoms with Gasteiger partial charge >= 0.3 is 0 Å². The summed E-state index contributed by atoms with van der Waals surface area (Å²) in [5.41, 5.74) is 3.15. The van der Waals surface area contributed by atoms with Crippen molar-refractivity contribution in [1.82, 2.24) is 15.0 Å². The largest absolute Gasteiger partial charge is 0.493 e. The van der Waals surface area contributed by atoms with Crippen molar-refractivity contribution in [3.8, 4) is 17.2 Å². The van der Waals surface area contributed by atoms with Gasteiger partial charge in [0.2, 0.25) is 5.75 Å². The number of methoxy groups -OCH3 is 3. The summed E-state index contributed by atoms with van der Waals surface area (Å²) in [7, 11) is 4.83. The van der Waals surface area contributed by atoms with Crippen LogP contribution in [0.1, 0.15) is 12.0 Å². The number of benzene rings is 1. The number of nitrogens with zero attached hydrogens (tertiary/aromatic N) is 5. The summed E-state index contributed by atoms with van der Waals surface area (Å²) in [6.07, 6.45) is 6.39. The Hall–Kier alpha value is -3.29. The fourth-order valence-electron chi connectivity index (χ4n) is 4.09. The van der Waals surface area contributed by atoms with Crippen molar-refractivity contribution in [3.05, 3.63) is 36.4 Å². The third-order valence-electron chi connectivity index (χ3n) is 5.54. The average Bonchev–Trinajstić information content (AvgIpc) is 3.03. The van der Waals surface area contributed by atoms with E-state index in [4.69, 9.17) is 14.2 Å². The Bertz CT molecular complexity index is 1040. The number of aryl methyl sites for hydroxylation is 1. The molecule has 1 aromatic carbocycles. The molecule has 158 valence electrons. The lowest BCUT2D eigenvalue weighted by atomic mass is 10.1. The van der Waals surface area contributed by atoms with E-state index >= 15 is 0 Å². The molecule has 0 atom stereocenters. The summed E-state index contributed by atoms with van der Waals surface area (Å²) in [4.78, 5) is 18.1. The van der Waals surface area contributed by atoms with Gasteiger partial charge in [0, 0.05) is 44.3 Å². The molecular formula is C22H27N5O3. The van der Waals surface area contributed by atoms with Crippen molar-refractivity contribution in [3.63, 3.8) is 0 Å². The highest BCUT2D eigenvalue weighted by atomic mass is 16.5. The Kier molecular flexibility index (Phi) is 5.74. The Morgan fingerprint density at radius 3 is 2.40 bits per heavy atom. The van der Waals surface area contributed by atoms with Crippen LogP contribution in [-0.4, -0.2) is 62.5 Å². The summed E-state index contributed by atoms with van der Waals surface area (Å²) in [5.74, 6) is 2.57. The maximum atomic E-state index is 5.62. The molecule has 0 saturated carbocycles. The summed E-state index contributed by atoms with van der Waals surface area (Å²) in [6.45, 7) is 5.76. The number of pyridine rings is 1. The molecule has 2 aromatic heterocycles. The van der Waals surface area contributed by atoms with E-state index < -0.39 is 0 Å². The van der Waals surface area contributed by atoms with Crippen molar-refractivity contribution in [2.24, 2.45) is 0 Å². The van der Waals surface area contributed by atoms with Crippen LogP contribution in [0.2, 0.25) is 0 Å². The Balaban J connectivity index is 1.70. The highest BCUT2D eigenvalue weighted by Gasteiger charge is 2.23. The zero-order valence-electron chi connectivity index (χ0n) is 17.9. The normalized spacial score (nSPS) is 14.5. The van der Waals surface area contributed by atoms with Crippen LogP contribution in [0.4, 0.5) is 11.5 Å². The van der Waals surface area contributed by atoms with Gasteiger partial charge in [-0.1, -0.05) is 0 Å². The first-order valence-corrected chi connectivity index (χ1v) is 10.0. The lowest BCUT2D eigenvalue weighted by Gasteiger charge is -2.26. The molecule has 0 N–H and O–H groups in total. The highest BCUT2D eigenvalue weighted by molar-refractivity contribution is 5.97.